The number of nitrogens with one attached hydrogen (secondary N) is 2. The number of carbonyl (C=O) groups is 1. The largest absolute Gasteiger partial charge is 0.368 e. The first-order valence-corrected chi connectivity index (χ1v) is 7.71. The Morgan fingerprint density at radius 3 is 2.71 bits per heavy atom. The molecule has 3 saturated heterocycles. The van der Waals surface area contributed by atoms with Crippen LogP contribution >= 0.6 is 0 Å². The molecule has 4 heterocycles. The Bertz CT molecular complexity index is 481. The summed E-state index contributed by atoms with van der Waals surface area (Å²) in [6, 6.07) is 4.26. The summed E-state index contributed by atoms with van der Waals surface area (Å²) in [5.41, 5.74) is 0.606. The summed E-state index contributed by atoms with van der Waals surface area (Å²) in [5, 5.41) is 6.16. The molecule has 2 N–H and O–H groups in total. The molecule has 0 radical (unpaired) electrons. The highest BCUT2D eigenvalue weighted by molar-refractivity contribution is 5.93. The number of fused-ring (bicyclic) bond motifs is 3. The molecule has 1 unspecified atom stereocenters. The Labute approximate surface area is 125 Å². The fraction of sp³-hybridized carbons (Fsp3) is 0.600. The Morgan fingerprint density at radius 2 is 2.14 bits per heavy atom. The molecule has 2 bridgehead atoms. The molecule has 21 heavy (non-hydrogen) atoms. The standard InChI is InChI=1S/C15H23N5O/c1-2-16-15(21)12-3-4-14(17-9-12)18-10-13-11-19-5-7-20(13)8-6-19/h3-4,9,13H,2,5-8,10-11H2,1H3,(H,16,21)(H,17,18). The van der Waals surface area contributed by atoms with E-state index in [-0.39, 0.29) is 5.91 Å². The molecule has 0 spiro atoms. The molecule has 6 nitrogen and oxygen atoms in total. The number of pyridine rings is 1. The van der Waals surface area contributed by atoms with Gasteiger partial charge in [0.25, 0.3) is 5.91 Å². The lowest BCUT2D eigenvalue weighted by molar-refractivity contribution is 0.0189. The first kappa shape index (κ1) is 14.3. The second kappa shape index (κ2) is 6.41. The van der Waals surface area contributed by atoms with E-state index in [2.05, 4.69) is 25.4 Å². The lowest BCUT2D eigenvalue weighted by atomic mass is 10.1. The zero-order valence-corrected chi connectivity index (χ0v) is 12.5. The number of hydrogen-bond acceptors (Lipinski definition) is 5. The maximum atomic E-state index is 11.7. The van der Waals surface area contributed by atoms with Crippen molar-refractivity contribution in [2.45, 2.75) is 13.0 Å². The number of anilines is 1. The van der Waals surface area contributed by atoms with E-state index in [0.717, 1.165) is 18.9 Å². The van der Waals surface area contributed by atoms with Crippen molar-refractivity contribution >= 4 is 11.7 Å². The van der Waals surface area contributed by atoms with Gasteiger partial charge in [-0.1, -0.05) is 0 Å². The molecule has 0 saturated carbocycles. The van der Waals surface area contributed by atoms with E-state index in [1.807, 2.05) is 19.1 Å². The molecular weight excluding hydrogens is 266 g/mol. The minimum atomic E-state index is -0.0694. The first-order chi connectivity index (χ1) is 10.3. The highest BCUT2D eigenvalue weighted by atomic mass is 16.1. The topological polar surface area (TPSA) is 60.5 Å². The summed E-state index contributed by atoms with van der Waals surface area (Å²) in [6.45, 7) is 9.35. The molecule has 1 aromatic rings. The summed E-state index contributed by atoms with van der Waals surface area (Å²) < 4.78 is 0. The van der Waals surface area contributed by atoms with E-state index in [1.54, 1.807) is 6.20 Å². The number of rotatable bonds is 5. The van der Waals surface area contributed by atoms with Crippen molar-refractivity contribution < 1.29 is 4.79 Å². The maximum Gasteiger partial charge on any atom is 0.252 e. The lowest BCUT2D eigenvalue weighted by Gasteiger charge is -2.47. The van der Waals surface area contributed by atoms with Gasteiger partial charge in [0.15, 0.2) is 0 Å². The van der Waals surface area contributed by atoms with Crippen LogP contribution in [0.4, 0.5) is 5.82 Å². The first-order valence-electron chi connectivity index (χ1n) is 7.71. The van der Waals surface area contributed by atoms with Crippen LogP contribution < -0.4 is 10.6 Å². The Morgan fingerprint density at radius 1 is 1.33 bits per heavy atom. The minimum Gasteiger partial charge on any atom is -0.368 e. The van der Waals surface area contributed by atoms with Crippen LogP contribution in [0.2, 0.25) is 0 Å². The van der Waals surface area contributed by atoms with Gasteiger partial charge < -0.3 is 10.6 Å². The summed E-state index contributed by atoms with van der Waals surface area (Å²) >= 11 is 0. The molecular formula is C15H23N5O. The highest BCUT2D eigenvalue weighted by Gasteiger charge is 2.31. The number of aromatic nitrogens is 1. The van der Waals surface area contributed by atoms with E-state index in [4.69, 9.17) is 0 Å². The molecule has 1 aromatic heterocycles. The number of nitrogens with zero attached hydrogens (tertiary/aromatic N) is 3. The predicted octanol–water partition coefficient (Wildman–Crippen LogP) is 0.243. The summed E-state index contributed by atoms with van der Waals surface area (Å²) in [5.74, 6) is 0.765. The van der Waals surface area contributed by atoms with Crippen molar-refractivity contribution in [2.24, 2.45) is 0 Å². The second-order valence-electron chi connectivity index (χ2n) is 5.66. The SMILES string of the molecule is CCNC(=O)c1ccc(NCC2CN3CCN2CC3)nc1. The molecule has 3 aliphatic rings. The van der Waals surface area contributed by atoms with Crippen LogP contribution in [0.5, 0.6) is 0 Å². The average Bonchev–Trinajstić information content (AvgIpc) is 2.55. The molecule has 3 aliphatic heterocycles. The van der Waals surface area contributed by atoms with Crippen molar-refractivity contribution in [1.29, 1.82) is 0 Å². The van der Waals surface area contributed by atoms with Crippen LogP contribution in [-0.2, 0) is 0 Å². The predicted molar refractivity (Wildman–Crippen MR) is 82.5 cm³/mol. The van der Waals surface area contributed by atoms with Crippen LogP contribution in [0.3, 0.4) is 0 Å². The van der Waals surface area contributed by atoms with Crippen LogP contribution in [-0.4, -0.2) is 72.5 Å². The second-order valence-corrected chi connectivity index (χ2v) is 5.66. The average molecular weight is 289 g/mol. The van der Waals surface area contributed by atoms with Gasteiger partial charge in [0.1, 0.15) is 5.82 Å². The van der Waals surface area contributed by atoms with E-state index in [9.17, 15) is 4.79 Å². The van der Waals surface area contributed by atoms with Crippen LogP contribution in [0.25, 0.3) is 0 Å². The molecule has 4 rings (SSSR count). The summed E-state index contributed by atoms with van der Waals surface area (Å²) in [4.78, 5) is 21.1. The normalized spacial score (nSPS) is 27.4. The van der Waals surface area contributed by atoms with Gasteiger partial charge in [-0.2, -0.15) is 0 Å². The Balaban J connectivity index is 1.52. The van der Waals surface area contributed by atoms with E-state index >= 15 is 0 Å². The molecule has 0 aromatic carbocycles. The van der Waals surface area contributed by atoms with Gasteiger partial charge in [-0.05, 0) is 19.1 Å². The van der Waals surface area contributed by atoms with Gasteiger partial charge in [-0.15, -0.1) is 0 Å². The minimum absolute atomic E-state index is 0.0694. The van der Waals surface area contributed by atoms with Crippen LogP contribution in [0.1, 0.15) is 17.3 Å². The Kier molecular flexibility index (Phi) is 4.36. The lowest BCUT2D eigenvalue weighted by Crippen LogP contribution is -2.62. The maximum absolute atomic E-state index is 11.7. The molecule has 1 amide bonds. The van der Waals surface area contributed by atoms with Crippen molar-refractivity contribution in [3.05, 3.63) is 23.9 Å². The molecule has 114 valence electrons. The summed E-state index contributed by atoms with van der Waals surface area (Å²) in [7, 11) is 0. The number of hydrogen-bond donors (Lipinski definition) is 2. The van der Waals surface area contributed by atoms with Gasteiger partial charge >= 0.3 is 0 Å². The van der Waals surface area contributed by atoms with Crippen LogP contribution in [0, 0.1) is 0 Å². The Hall–Kier alpha value is -1.66. The van der Waals surface area contributed by atoms with Gasteiger partial charge in [0.05, 0.1) is 5.56 Å². The molecule has 3 fully saturated rings. The third-order valence-corrected chi connectivity index (χ3v) is 4.27. The smallest absolute Gasteiger partial charge is 0.252 e. The van der Waals surface area contributed by atoms with Crippen molar-refractivity contribution in [3.63, 3.8) is 0 Å². The summed E-state index contributed by atoms with van der Waals surface area (Å²) in [6.07, 6.45) is 1.63. The fourth-order valence-electron chi connectivity index (χ4n) is 3.04. The van der Waals surface area contributed by atoms with E-state index in [1.165, 1.54) is 26.2 Å². The van der Waals surface area contributed by atoms with Crippen LogP contribution in [0.15, 0.2) is 18.3 Å². The third kappa shape index (κ3) is 3.33. The van der Waals surface area contributed by atoms with Gasteiger partial charge in [0, 0.05) is 58.1 Å². The molecule has 1 atom stereocenters. The monoisotopic (exact) mass is 289 g/mol. The zero-order chi connectivity index (χ0) is 14.7. The van der Waals surface area contributed by atoms with Crippen molar-refractivity contribution in [2.75, 3.05) is 51.1 Å². The van der Waals surface area contributed by atoms with E-state index in [0.29, 0.717) is 18.2 Å². The number of piperazine rings is 3. The third-order valence-electron chi connectivity index (χ3n) is 4.27. The number of amides is 1. The van der Waals surface area contributed by atoms with E-state index < -0.39 is 0 Å². The zero-order valence-electron chi connectivity index (χ0n) is 12.5. The molecule has 0 aliphatic carbocycles. The molecule has 6 heteroatoms. The fourth-order valence-corrected chi connectivity index (χ4v) is 3.04. The number of carbonyl (C=O) groups excluding carboxylic acids is 1. The highest BCUT2D eigenvalue weighted by Crippen LogP contribution is 2.16. The van der Waals surface area contributed by atoms with Crippen molar-refractivity contribution in [3.8, 4) is 0 Å². The van der Waals surface area contributed by atoms with Gasteiger partial charge in [0.2, 0.25) is 0 Å². The van der Waals surface area contributed by atoms with Gasteiger partial charge in [-0.3, -0.25) is 14.6 Å². The van der Waals surface area contributed by atoms with Gasteiger partial charge in [-0.25, -0.2) is 4.98 Å². The van der Waals surface area contributed by atoms with Crippen molar-refractivity contribution in [1.82, 2.24) is 20.1 Å². The quantitative estimate of drug-likeness (QED) is 0.813.